The van der Waals surface area contributed by atoms with Crippen LogP contribution in [0.15, 0.2) is 45.8 Å². The minimum absolute atomic E-state index is 0.162. The van der Waals surface area contributed by atoms with Crippen LogP contribution < -0.4 is 4.72 Å². The van der Waals surface area contributed by atoms with E-state index in [-0.39, 0.29) is 20.6 Å². The van der Waals surface area contributed by atoms with Gasteiger partial charge in [-0.1, -0.05) is 6.07 Å². The maximum atomic E-state index is 13.6. The van der Waals surface area contributed by atoms with Gasteiger partial charge in [-0.05, 0) is 46.3 Å². The SMILES string of the molecule is O=S(=O)(Nc1c(F)cccc1Br)c1ccc(F)c(CO)c1. The quantitative estimate of drug-likeness (QED) is 0.860. The van der Waals surface area contributed by atoms with Crippen molar-refractivity contribution in [2.75, 3.05) is 4.72 Å². The molecule has 0 spiro atoms. The number of benzene rings is 2. The Morgan fingerprint density at radius 2 is 1.86 bits per heavy atom. The Kier molecular flexibility index (Phi) is 4.60. The molecule has 2 aromatic carbocycles. The lowest BCUT2D eigenvalue weighted by atomic mass is 10.2. The van der Waals surface area contributed by atoms with Crippen LogP contribution in [0, 0.1) is 11.6 Å². The number of anilines is 1. The molecular weight excluding hydrogens is 368 g/mol. The van der Waals surface area contributed by atoms with Gasteiger partial charge >= 0.3 is 0 Å². The van der Waals surface area contributed by atoms with Gasteiger partial charge in [-0.25, -0.2) is 17.2 Å². The van der Waals surface area contributed by atoms with Crippen molar-refractivity contribution in [2.45, 2.75) is 11.5 Å². The standard InChI is InChI=1S/C13H10BrF2NO3S/c14-10-2-1-3-12(16)13(10)17-21(19,20)9-4-5-11(15)8(6-9)7-18/h1-6,17-18H,7H2. The minimum atomic E-state index is -4.11. The first-order valence-electron chi connectivity index (χ1n) is 5.71. The Morgan fingerprint density at radius 1 is 1.14 bits per heavy atom. The molecule has 0 saturated carbocycles. The lowest BCUT2D eigenvalue weighted by Gasteiger charge is -2.11. The fourth-order valence-corrected chi connectivity index (χ4v) is 3.34. The molecule has 0 aromatic heterocycles. The van der Waals surface area contributed by atoms with Gasteiger partial charge in [-0.15, -0.1) is 0 Å². The highest BCUT2D eigenvalue weighted by Gasteiger charge is 2.19. The summed E-state index contributed by atoms with van der Waals surface area (Å²) in [5.74, 6) is -1.47. The van der Waals surface area contributed by atoms with E-state index in [0.717, 1.165) is 24.3 Å². The van der Waals surface area contributed by atoms with E-state index in [0.29, 0.717) is 0 Å². The van der Waals surface area contributed by atoms with Crippen molar-refractivity contribution in [3.05, 3.63) is 58.1 Å². The second-order valence-electron chi connectivity index (χ2n) is 4.11. The molecule has 2 aromatic rings. The first-order chi connectivity index (χ1) is 9.85. The largest absolute Gasteiger partial charge is 0.392 e. The number of para-hydroxylation sites is 1. The minimum Gasteiger partial charge on any atom is -0.392 e. The van der Waals surface area contributed by atoms with E-state index in [1.807, 2.05) is 0 Å². The molecule has 0 amide bonds. The lowest BCUT2D eigenvalue weighted by Crippen LogP contribution is -2.15. The van der Waals surface area contributed by atoms with Crippen molar-refractivity contribution in [3.63, 3.8) is 0 Å². The van der Waals surface area contributed by atoms with Gasteiger partial charge in [0.15, 0.2) is 0 Å². The normalized spacial score (nSPS) is 11.4. The fourth-order valence-electron chi connectivity index (χ4n) is 1.63. The van der Waals surface area contributed by atoms with Crippen molar-refractivity contribution in [1.82, 2.24) is 0 Å². The van der Waals surface area contributed by atoms with Gasteiger partial charge in [-0.2, -0.15) is 0 Å². The zero-order valence-corrected chi connectivity index (χ0v) is 12.9. The zero-order valence-electron chi connectivity index (χ0n) is 10.5. The smallest absolute Gasteiger partial charge is 0.262 e. The van der Waals surface area contributed by atoms with Crippen LogP contribution in [-0.4, -0.2) is 13.5 Å². The fraction of sp³-hybridized carbons (Fsp3) is 0.0769. The Morgan fingerprint density at radius 3 is 2.48 bits per heavy atom. The Hall–Kier alpha value is -1.51. The van der Waals surface area contributed by atoms with Gasteiger partial charge in [0.2, 0.25) is 0 Å². The summed E-state index contributed by atoms with van der Waals surface area (Å²) in [6.07, 6.45) is 0. The predicted octanol–water partition coefficient (Wildman–Crippen LogP) is 3.02. The first kappa shape index (κ1) is 15.9. The third-order valence-corrected chi connectivity index (χ3v) is 4.71. The molecule has 0 atom stereocenters. The van der Waals surface area contributed by atoms with Gasteiger partial charge in [0, 0.05) is 10.0 Å². The van der Waals surface area contributed by atoms with Gasteiger partial charge in [0.1, 0.15) is 11.6 Å². The number of hydrogen-bond donors (Lipinski definition) is 2. The van der Waals surface area contributed by atoms with Gasteiger partial charge in [0.05, 0.1) is 17.2 Å². The highest BCUT2D eigenvalue weighted by Crippen LogP contribution is 2.28. The summed E-state index contributed by atoms with van der Waals surface area (Å²) in [5.41, 5.74) is -0.405. The molecule has 112 valence electrons. The highest BCUT2D eigenvalue weighted by molar-refractivity contribution is 9.10. The van der Waals surface area contributed by atoms with E-state index in [1.165, 1.54) is 12.1 Å². The molecule has 0 heterocycles. The number of hydrogen-bond acceptors (Lipinski definition) is 3. The zero-order chi connectivity index (χ0) is 15.6. The van der Waals surface area contributed by atoms with E-state index in [9.17, 15) is 17.2 Å². The van der Waals surface area contributed by atoms with Gasteiger partial charge in [0.25, 0.3) is 10.0 Å². The molecule has 2 rings (SSSR count). The van der Waals surface area contributed by atoms with E-state index in [1.54, 1.807) is 0 Å². The van der Waals surface area contributed by atoms with Crippen molar-refractivity contribution >= 4 is 31.6 Å². The van der Waals surface area contributed by atoms with Crippen molar-refractivity contribution < 1.29 is 22.3 Å². The molecule has 0 unspecified atom stereocenters. The third-order valence-electron chi connectivity index (χ3n) is 2.70. The second-order valence-corrected chi connectivity index (χ2v) is 6.65. The molecule has 21 heavy (non-hydrogen) atoms. The first-order valence-corrected chi connectivity index (χ1v) is 7.99. The number of aliphatic hydroxyl groups excluding tert-OH is 1. The van der Waals surface area contributed by atoms with Crippen LogP contribution in [0.5, 0.6) is 0 Å². The Balaban J connectivity index is 2.44. The summed E-state index contributed by atoms with van der Waals surface area (Å²) in [6, 6.07) is 6.95. The monoisotopic (exact) mass is 377 g/mol. The molecule has 8 heteroatoms. The number of halogens is 3. The predicted molar refractivity (Wildman–Crippen MR) is 77.2 cm³/mol. The van der Waals surface area contributed by atoms with Crippen LogP contribution in [0.2, 0.25) is 0 Å². The number of rotatable bonds is 4. The highest BCUT2D eigenvalue weighted by atomic mass is 79.9. The third kappa shape index (κ3) is 3.39. The van der Waals surface area contributed by atoms with Crippen LogP contribution in [0.3, 0.4) is 0 Å². The number of aliphatic hydroxyl groups is 1. The van der Waals surface area contributed by atoms with Crippen LogP contribution in [0.1, 0.15) is 5.56 Å². The second kappa shape index (κ2) is 6.08. The van der Waals surface area contributed by atoms with E-state index in [2.05, 4.69) is 20.7 Å². The van der Waals surface area contributed by atoms with Crippen molar-refractivity contribution in [2.24, 2.45) is 0 Å². The summed E-state index contributed by atoms with van der Waals surface area (Å²) < 4.78 is 53.6. The van der Waals surface area contributed by atoms with Crippen LogP contribution in [-0.2, 0) is 16.6 Å². The topological polar surface area (TPSA) is 66.4 Å². The average Bonchev–Trinajstić information content (AvgIpc) is 2.43. The summed E-state index contributed by atoms with van der Waals surface area (Å²) in [4.78, 5) is -0.275. The molecular formula is C13H10BrF2NO3S. The van der Waals surface area contributed by atoms with E-state index >= 15 is 0 Å². The molecule has 0 fully saturated rings. The molecule has 0 aliphatic carbocycles. The maximum absolute atomic E-state index is 13.6. The molecule has 0 bridgehead atoms. The summed E-state index contributed by atoms with van der Waals surface area (Å²) in [5, 5.41) is 8.96. The summed E-state index contributed by atoms with van der Waals surface area (Å²) in [7, 11) is -4.11. The molecule has 0 aliphatic rings. The number of nitrogens with one attached hydrogen (secondary N) is 1. The van der Waals surface area contributed by atoms with Gasteiger partial charge in [-0.3, -0.25) is 4.72 Å². The van der Waals surface area contributed by atoms with Crippen molar-refractivity contribution in [1.29, 1.82) is 0 Å². The van der Waals surface area contributed by atoms with Crippen LogP contribution in [0.25, 0.3) is 0 Å². The van der Waals surface area contributed by atoms with Crippen LogP contribution in [0.4, 0.5) is 14.5 Å². The average molecular weight is 378 g/mol. The molecule has 0 saturated heterocycles. The van der Waals surface area contributed by atoms with Crippen LogP contribution >= 0.6 is 15.9 Å². The summed E-state index contributed by atoms with van der Waals surface area (Å²) >= 11 is 3.05. The number of sulfonamides is 1. The van der Waals surface area contributed by atoms with E-state index in [4.69, 9.17) is 5.11 Å². The molecule has 4 nitrogen and oxygen atoms in total. The summed E-state index contributed by atoms with van der Waals surface area (Å²) in [6.45, 7) is -0.640. The van der Waals surface area contributed by atoms with E-state index < -0.39 is 28.3 Å². The Labute approximate surface area is 128 Å². The van der Waals surface area contributed by atoms with Gasteiger partial charge < -0.3 is 5.11 Å². The lowest BCUT2D eigenvalue weighted by molar-refractivity contribution is 0.275. The Bertz CT molecular complexity index is 761. The molecule has 0 aliphatic heterocycles. The van der Waals surface area contributed by atoms with Crippen molar-refractivity contribution in [3.8, 4) is 0 Å². The molecule has 0 radical (unpaired) electrons. The molecule has 2 N–H and O–H groups in total. The maximum Gasteiger partial charge on any atom is 0.262 e.